The number of carbonyl (C=O) groups is 1. The van der Waals surface area contributed by atoms with Crippen molar-refractivity contribution in [1.29, 1.82) is 0 Å². The van der Waals surface area contributed by atoms with E-state index in [2.05, 4.69) is 10.4 Å². The van der Waals surface area contributed by atoms with Gasteiger partial charge in [-0.25, -0.2) is 14.8 Å². The number of primary amides is 1. The minimum Gasteiger partial charge on any atom is -1.00 e. The number of phosphoric acid groups is 1. The molecule has 0 aromatic carbocycles. The molecule has 2 amide bonds. The van der Waals surface area contributed by atoms with E-state index < -0.39 is 13.9 Å². The number of nitrogens with two attached hydrogens (primary N) is 1. The van der Waals surface area contributed by atoms with Gasteiger partial charge in [0.25, 0.3) is 0 Å². The van der Waals surface area contributed by atoms with Crippen LogP contribution in [0.5, 0.6) is 0 Å². The Kier molecular flexibility index (Phi) is 7.03. The molecule has 10 heavy (non-hydrogen) atoms. The van der Waals surface area contributed by atoms with Crippen molar-refractivity contribution in [2.24, 2.45) is 5.73 Å². The standard InChI is InChI=1S/CH5N2O5P.Ca.2H/c2-1(4)3-8-9(5,6)7;;;/h(H3,2,3,4)(H2,5,6,7);;;/q;+2;2*-1. The molecule has 0 saturated heterocycles. The third-order valence-electron chi connectivity index (χ3n) is 0.265. The van der Waals surface area contributed by atoms with Gasteiger partial charge in [0.2, 0.25) is 0 Å². The predicted molar refractivity (Wildman–Crippen MR) is 33.8 cm³/mol. The van der Waals surface area contributed by atoms with E-state index >= 15 is 0 Å². The fourth-order valence-electron chi connectivity index (χ4n) is 0.104. The van der Waals surface area contributed by atoms with Crippen molar-refractivity contribution < 1.29 is 26.6 Å². The molecule has 0 bridgehead atoms. The molecule has 0 saturated carbocycles. The summed E-state index contributed by atoms with van der Waals surface area (Å²) in [6, 6.07) is -1.17. The molecular formula is CH7CaN2O5P. The van der Waals surface area contributed by atoms with Gasteiger partial charge in [-0.2, -0.15) is 4.62 Å². The topological polar surface area (TPSA) is 122 Å². The molecule has 58 valence electrons. The number of rotatable bonds is 2. The summed E-state index contributed by atoms with van der Waals surface area (Å²) in [6.45, 7) is 0. The Morgan fingerprint density at radius 1 is 1.70 bits per heavy atom. The summed E-state index contributed by atoms with van der Waals surface area (Å²) in [5, 5.41) is 0. The summed E-state index contributed by atoms with van der Waals surface area (Å²) in [4.78, 5) is 25.5. The van der Waals surface area contributed by atoms with Crippen LogP contribution in [0.3, 0.4) is 0 Å². The molecule has 0 aromatic rings. The Morgan fingerprint density at radius 2 is 2.10 bits per heavy atom. The molecule has 0 atom stereocenters. The van der Waals surface area contributed by atoms with Gasteiger partial charge >= 0.3 is 51.6 Å². The molecule has 0 heterocycles. The summed E-state index contributed by atoms with van der Waals surface area (Å²) >= 11 is 0. The normalized spacial score (nSPS) is 9.80. The maximum atomic E-state index is 9.74. The molecule has 5 N–H and O–H groups in total. The summed E-state index contributed by atoms with van der Waals surface area (Å²) < 4.78 is 13.2. The number of hydrogen-bond acceptors (Lipinski definition) is 3. The second-order valence-corrected chi connectivity index (χ2v) is 2.21. The first kappa shape index (κ1) is 13.2. The molecule has 0 aromatic heterocycles. The first-order valence-electron chi connectivity index (χ1n) is 1.71. The number of carbonyl (C=O) groups excluding carboxylic acids is 1. The zero-order valence-corrected chi connectivity index (χ0v) is 7.95. The van der Waals surface area contributed by atoms with Crippen molar-refractivity contribution in [2.45, 2.75) is 0 Å². The Labute approximate surface area is 89.1 Å². The fraction of sp³-hybridized carbons (Fsp3) is 0. The number of urea groups is 1. The second kappa shape index (κ2) is 5.31. The van der Waals surface area contributed by atoms with Crippen LogP contribution < -0.4 is 11.2 Å². The Morgan fingerprint density at radius 3 is 2.20 bits per heavy atom. The summed E-state index contributed by atoms with van der Waals surface area (Å²) in [6.07, 6.45) is 0. The SMILES string of the molecule is NC(=O)NOP(=O)(O)O.[Ca+2].[H-].[H-]. The minimum absolute atomic E-state index is 0. The first-order valence-corrected chi connectivity index (χ1v) is 3.24. The monoisotopic (exact) mass is 198 g/mol. The van der Waals surface area contributed by atoms with E-state index in [9.17, 15) is 9.36 Å². The van der Waals surface area contributed by atoms with Crippen LogP contribution in [0.25, 0.3) is 0 Å². The van der Waals surface area contributed by atoms with Crippen LogP contribution in [0.15, 0.2) is 0 Å². The largest absolute Gasteiger partial charge is 2.00 e. The maximum absolute atomic E-state index is 9.74. The molecular weight excluding hydrogens is 191 g/mol. The van der Waals surface area contributed by atoms with Crippen LogP contribution in [0.2, 0.25) is 0 Å². The Balaban J connectivity index is -0.000000107. The molecule has 0 radical (unpaired) electrons. The number of nitrogens with one attached hydrogen (secondary N) is 1. The van der Waals surface area contributed by atoms with Crippen molar-refractivity contribution >= 4 is 51.6 Å². The van der Waals surface area contributed by atoms with Crippen LogP contribution in [0.4, 0.5) is 4.79 Å². The quantitative estimate of drug-likeness (QED) is 0.245. The zero-order valence-electron chi connectivity index (χ0n) is 6.85. The molecule has 0 aliphatic rings. The Bertz CT molecular complexity index is 162. The maximum Gasteiger partial charge on any atom is 2.00 e. The van der Waals surface area contributed by atoms with Crippen molar-refractivity contribution in [3.05, 3.63) is 0 Å². The molecule has 0 spiro atoms. The smallest absolute Gasteiger partial charge is 1.00 e. The first-order chi connectivity index (χ1) is 3.92. The number of hydroxylamine groups is 1. The van der Waals surface area contributed by atoms with E-state index in [1.165, 1.54) is 5.48 Å². The van der Waals surface area contributed by atoms with Gasteiger partial charge in [-0.1, -0.05) is 0 Å². The fourth-order valence-corrected chi connectivity index (χ4v) is 0.313. The summed E-state index contributed by atoms with van der Waals surface area (Å²) in [5.74, 6) is 0. The molecule has 9 heteroatoms. The van der Waals surface area contributed by atoms with Crippen molar-refractivity contribution in [2.75, 3.05) is 0 Å². The second-order valence-electron chi connectivity index (χ2n) is 1.05. The zero-order chi connectivity index (χ0) is 7.49. The van der Waals surface area contributed by atoms with E-state index in [1.807, 2.05) is 0 Å². The van der Waals surface area contributed by atoms with E-state index in [0.717, 1.165) is 0 Å². The van der Waals surface area contributed by atoms with Gasteiger partial charge in [-0.05, 0) is 0 Å². The van der Waals surface area contributed by atoms with Gasteiger partial charge in [0.05, 0.1) is 0 Å². The van der Waals surface area contributed by atoms with E-state index in [4.69, 9.17) is 9.79 Å². The third-order valence-corrected chi connectivity index (χ3v) is 0.594. The molecule has 0 unspecified atom stereocenters. The summed E-state index contributed by atoms with van der Waals surface area (Å²) in [7, 11) is -4.63. The average molecular weight is 198 g/mol. The molecule has 0 aliphatic carbocycles. The molecule has 0 rings (SSSR count). The average Bonchev–Trinajstić information content (AvgIpc) is 1.59. The van der Waals surface area contributed by atoms with E-state index in [1.54, 1.807) is 0 Å². The van der Waals surface area contributed by atoms with Gasteiger partial charge in [0.1, 0.15) is 0 Å². The van der Waals surface area contributed by atoms with Gasteiger partial charge in [0, 0.05) is 0 Å². The Hall–Kier alpha value is 0.640. The van der Waals surface area contributed by atoms with Gasteiger partial charge < -0.3 is 18.4 Å². The van der Waals surface area contributed by atoms with Crippen LogP contribution in [0.1, 0.15) is 2.85 Å². The third kappa shape index (κ3) is 11.4. The van der Waals surface area contributed by atoms with Crippen LogP contribution in [0, 0.1) is 0 Å². The number of amides is 2. The van der Waals surface area contributed by atoms with Gasteiger partial charge in [-0.3, -0.25) is 0 Å². The van der Waals surface area contributed by atoms with Gasteiger partial charge in [-0.15, -0.1) is 0 Å². The van der Waals surface area contributed by atoms with E-state index in [-0.39, 0.29) is 40.6 Å². The van der Waals surface area contributed by atoms with Crippen LogP contribution in [-0.2, 0) is 9.19 Å². The summed E-state index contributed by atoms with van der Waals surface area (Å²) in [5.41, 5.74) is 5.64. The minimum atomic E-state index is -4.63. The van der Waals surface area contributed by atoms with Crippen molar-refractivity contribution in [3.8, 4) is 0 Å². The molecule has 0 aliphatic heterocycles. The van der Waals surface area contributed by atoms with Crippen LogP contribution >= 0.6 is 7.82 Å². The van der Waals surface area contributed by atoms with Crippen molar-refractivity contribution in [1.82, 2.24) is 5.48 Å². The predicted octanol–water partition coefficient (Wildman–Crippen LogP) is -1.48. The number of hydrogen-bond donors (Lipinski definition) is 4. The van der Waals surface area contributed by atoms with E-state index in [0.29, 0.717) is 0 Å². The van der Waals surface area contributed by atoms with Crippen molar-refractivity contribution in [3.63, 3.8) is 0 Å². The molecule has 0 fully saturated rings. The van der Waals surface area contributed by atoms with Gasteiger partial charge in [0.15, 0.2) is 0 Å². The molecule has 7 nitrogen and oxygen atoms in total. The van der Waals surface area contributed by atoms with Crippen LogP contribution in [-0.4, -0.2) is 53.6 Å².